The first-order valence-corrected chi connectivity index (χ1v) is 5.41. The third-order valence-corrected chi connectivity index (χ3v) is 2.17. The molecule has 0 fully saturated rings. The zero-order chi connectivity index (χ0) is 11.8. The molecule has 0 aromatic carbocycles. The van der Waals surface area contributed by atoms with E-state index in [0.717, 1.165) is 12.8 Å². The van der Waals surface area contributed by atoms with Crippen LogP contribution in [-0.4, -0.2) is 25.0 Å². The summed E-state index contributed by atoms with van der Waals surface area (Å²) in [7, 11) is 1.34. The van der Waals surface area contributed by atoms with Crippen molar-refractivity contribution in [3.63, 3.8) is 0 Å². The molecule has 0 saturated heterocycles. The van der Waals surface area contributed by atoms with E-state index in [1.54, 1.807) is 13.8 Å². The first kappa shape index (κ1) is 13.9. The summed E-state index contributed by atoms with van der Waals surface area (Å²) in [6, 6.07) is -0.496. The number of amides is 1. The summed E-state index contributed by atoms with van der Waals surface area (Å²) in [4.78, 5) is 22.8. The molecular weight excluding hydrogens is 194 g/mol. The number of methoxy groups -OCH3 is 1. The molecule has 1 amide bonds. The van der Waals surface area contributed by atoms with Gasteiger partial charge in [0.05, 0.1) is 7.11 Å². The summed E-state index contributed by atoms with van der Waals surface area (Å²) < 4.78 is 4.64. The van der Waals surface area contributed by atoms with Crippen LogP contribution in [0.1, 0.15) is 40.0 Å². The largest absolute Gasteiger partial charge is 0.467 e. The maximum atomic E-state index is 11.4. The summed E-state index contributed by atoms with van der Waals surface area (Å²) >= 11 is 0. The summed E-state index contributed by atoms with van der Waals surface area (Å²) in [6.07, 6.45) is 2.53. The smallest absolute Gasteiger partial charge is 0.328 e. The molecule has 0 heterocycles. The van der Waals surface area contributed by atoms with Gasteiger partial charge in [-0.05, 0) is 6.42 Å². The van der Waals surface area contributed by atoms with E-state index in [2.05, 4.69) is 10.1 Å². The van der Waals surface area contributed by atoms with Gasteiger partial charge in [0.1, 0.15) is 6.04 Å². The highest BCUT2D eigenvalue weighted by Gasteiger charge is 2.21. The third-order valence-electron chi connectivity index (χ3n) is 2.17. The van der Waals surface area contributed by atoms with Crippen molar-refractivity contribution in [1.82, 2.24) is 5.32 Å². The Morgan fingerprint density at radius 3 is 2.33 bits per heavy atom. The van der Waals surface area contributed by atoms with Crippen LogP contribution in [0.15, 0.2) is 0 Å². The second-order valence-electron chi connectivity index (χ2n) is 3.88. The Kier molecular flexibility index (Phi) is 6.75. The quantitative estimate of drug-likeness (QED) is 0.683. The zero-order valence-corrected chi connectivity index (χ0v) is 10.0. The molecule has 0 rings (SSSR count). The molecule has 88 valence electrons. The zero-order valence-electron chi connectivity index (χ0n) is 10.0. The minimum atomic E-state index is -0.496. The van der Waals surface area contributed by atoms with E-state index in [9.17, 15) is 9.59 Å². The van der Waals surface area contributed by atoms with Crippen molar-refractivity contribution in [2.45, 2.75) is 46.1 Å². The Balaban J connectivity index is 4.23. The predicted molar refractivity (Wildman–Crippen MR) is 58.3 cm³/mol. The highest BCUT2D eigenvalue weighted by atomic mass is 16.5. The number of carbonyl (C=O) groups is 2. The maximum Gasteiger partial charge on any atom is 0.328 e. The molecule has 0 saturated carbocycles. The van der Waals surface area contributed by atoms with E-state index < -0.39 is 6.04 Å². The van der Waals surface area contributed by atoms with Crippen LogP contribution in [0.25, 0.3) is 0 Å². The lowest BCUT2D eigenvalue weighted by molar-refractivity contribution is -0.145. The van der Waals surface area contributed by atoms with Crippen LogP contribution in [0, 0.1) is 5.92 Å². The lowest BCUT2D eigenvalue weighted by Crippen LogP contribution is -2.43. The van der Waals surface area contributed by atoms with Crippen molar-refractivity contribution >= 4 is 11.9 Å². The van der Waals surface area contributed by atoms with E-state index >= 15 is 0 Å². The van der Waals surface area contributed by atoms with Crippen molar-refractivity contribution in [1.29, 1.82) is 0 Å². The molecule has 0 aromatic heterocycles. The Hall–Kier alpha value is -1.06. The maximum absolute atomic E-state index is 11.4. The molecule has 0 spiro atoms. The molecular formula is C11H21NO3. The van der Waals surface area contributed by atoms with E-state index in [-0.39, 0.29) is 17.8 Å². The van der Waals surface area contributed by atoms with Crippen LogP contribution in [-0.2, 0) is 14.3 Å². The number of esters is 1. The molecule has 0 aliphatic rings. The fourth-order valence-corrected chi connectivity index (χ4v) is 1.14. The molecule has 0 unspecified atom stereocenters. The molecule has 1 atom stereocenters. The second kappa shape index (κ2) is 7.26. The average Bonchev–Trinajstić information content (AvgIpc) is 2.22. The first-order valence-electron chi connectivity index (χ1n) is 5.41. The highest BCUT2D eigenvalue weighted by Crippen LogP contribution is 2.04. The van der Waals surface area contributed by atoms with Gasteiger partial charge >= 0.3 is 5.97 Å². The van der Waals surface area contributed by atoms with Crippen LogP contribution in [0.5, 0.6) is 0 Å². The van der Waals surface area contributed by atoms with Gasteiger partial charge in [0, 0.05) is 5.92 Å². The first-order chi connectivity index (χ1) is 7.02. The fraction of sp³-hybridized carbons (Fsp3) is 0.818. The molecule has 4 heteroatoms. The Labute approximate surface area is 91.4 Å². The van der Waals surface area contributed by atoms with E-state index in [4.69, 9.17) is 0 Å². The number of ether oxygens (including phenoxy) is 1. The molecule has 0 aliphatic carbocycles. The van der Waals surface area contributed by atoms with Gasteiger partial charge < -0.3 is 10.1 Å². The van der Waals surface area contributed by atoms with Crippen LogP contribution >= 0.6 is 0 Å². The molecule has 15 heavy (non-hydrogen) atoms. The third kappa shape index (κ3) is 5.40. The molecule has 1 N–H and O–H groups in total. The summed E-state index contributed by atoms with van der Waals surface area (Å²) in [5.41, 5.74) is 0. The summed E-state index contributed by atoms with van der Waals surface area (Å²) in [5.74, 6) is -0.585. The van der Waals surface area contributed by atoms with Gasteiger partial charge in [-0.1, -0.05) is 33.6 Å². The monoisotopic (exact) mass is 215 g/mol. The van der Waals surface area contributed by atoms with Gasteiger partial charge in [-0.3, -0.25) is 4.79 Å². The minimum absolute atomic E-state index is 0.110. The van der Waals surface area contributed by atoms with Gasteiger partial charge in [0.15, 0.2) is 0 Å². The predicted octanol–water partition coefficient (Wildman–Crippen LogP) is 1.49. The Bertz CT molecular complexity index is 214. The number of hydrogen-bond acceptors (Lipinski definition) is 3. The fourth-order valence-electron chi connectivity index (χ4n) is 1.14. The van der Waals surface area contributed by atoms with Crippen LogP contribution in [0.3, 0.4) is 0 Å². The normalized spacial score (nSPS) is 12.3. The average molecular weight is 215 g/mol. The van der Waals surface area contributed by atoms with Crippen molar-refractivity contribution in [2.75, 3.05) is 7.11 Å². The topological polar surface area (TPSA) is 55.4 Å². The molecule has 0 aliphatic heterocycles. The molecule has 0 aromatic rings. The van der Waals surface area contributed by atoms with Gasteiger partial charge in [0.25, 0.3) is 0 Å². The van der Waals surface area contributed by atoms with Gasteiger partial charge in [-0.15, -0.1) is 0 Å². The summed E-state index contributed by atoms with van der Waals surface area (Å²) in [5, 5.41) is 2.69. The van der Waals surface area contributed by atoms with Gasteiger partial charge in [0.2, 0.25) is 5.91 Å². The lowest BCUT2D eigenvalue weighted by atomic mass is 10.1. The van der Waals surface area contributed by atoms with Gasteiger partial charge in [-0.2, -0.15) is 0 Å². The lowest BCUT2D eigenvalue weighted by Gasteiger charge is -2.17. The van der Waals surface area contributed by atoms with Crippen LogP contribution in [0.2, 0.25) is 0 Å². The molecule has 4 nitrogen and oxygen atoms in total. The number of rotatable bonds is 6. The minimum Gasteiger partial charge on any atom is -0.467 e. The van der Waals surface area contributed by atoms with Crippen LogP contribution in [0.4, 0.5) is 0 Å². The van der Waals surface area contributed by atoms with Crippen molar-refractivity contribution in [3.8, 4) is 0 Å². The number of nitrogens with one attached hydrogen (secondary N) is 1. The van der Waals surface area contributed by atoms with Gasteiger partial charge in [-0.25, -0.2) is 4.79 Å². The van der Waals surface area contributed by atoms with Crippen molar-refractivity contribution in [2.24, 2.45) is 5.92 Å². The van der Waals surface area contributed by atoms with Crippen molar-refractivity contribution in [3.05, 3.63) is 0 Å². The van der Waals surface area contributed by atoms with E-state index in [1.165, 1.54) is 7.11 Å². The number of carbonyl (C=O) groups excluding carboxylic acids is 2. The number of hydrogen-bond donors (Lipinski definition) is 1. The van der Waals surface area contributed by atoms with Crippen LogP contribution < -0.4 is 5.32 Å². The molecule has 0 radical (unpaired) electrons. The molecule has 0 bridgehead atoms. The Morgan fingerprint density at radius 2 is 1.93 bits per heavy atom. The van der Waals surface area contributed by atoms with E-state index in [1.807, 2.05) is 6.92 Å². The van der Waals surface area contributed by atoms with E-state index in [0.29, 0.717) is 6.42 Å². The summed E-state index contributed by atoms with van der Waals surface area (Å²) in [6.45, 7) is 5.63. The standard InChI is InChI=1S/C11H21NO3/c1-5-6-7-9(11(14)15-4)12-10(13)8(2)3/h8-9H,5-7H2,1-4H3,(H,12,13)/t9-/m0/s1. The highest BCUT2D eigenvalue weighted by molar-refractivity contribution is 5.85. The van der Waals surface area contributed by atoms with Crippen molar-refractivity contribution < 1.29 is 14.3 Å². The number of unbranched alkanes of at least 4 members (excludes halogenated alkanes) is 1. The second-order valence-corrected chi connectivity index (χ2v) is 3.88. The Morgan fingerprint density at radius 1 is 1.33 bits per heavy atom. The SMILES string of the molecule is CCCC[C@H](NC(=O)C(C)C)C(=O)OC.